The van der Waals surface area contributed by atoms with E-state index in [1.165, 1.54) is 11.1 Å². The number of hydrogen-bond donors (Lipinski definition) is 2. The van der Waals surface area contributed by atoms with Gasteiger partial charge in [0.1, 0.15) is 18.1 Å². The number of methoxy groups -OCH3 is 1. The van der Waals surface area contributed by atoms with Crippen LogP contribution in [0.15, 0.2) is 42.5 Å². The summed E-state index contributed by atoms with van der Waals surface area (Å²) in [7, 11) is 1.65. The van der Waals surface area contributed by atoms with E-state index in [4.69, 9.17) is 9.47 Å². The molecule has 0 aliphatic rings. The van der Waals surface area contributed by atoms with Crippen molar-refractivity contribution in [3.8, 4) is 11.5 Å². The molecule has 0 aliphatic carbocycles. The number of aryl methyl sites for hydroxylation is 2. The number of rotatable bonds is 8. The van der Waals surface area contributed by atoms with E-state index in [9.17, 15) is 4.79 Å². The van der Waals surface area contributed by atoms with Gasteiger partial charge in [0.25, 0.3) is 0 Å². The van der Waals surface area contributed by atoms with Gasteiger partial charge in [0.15, 0.2) is 0 Å². The lowest BCUT2D eigenvalue weighted by atomic mass is 10.1. The minimum absolute atomic E-state index is 0.196. The van der Waals surface area contributed by atoms with E-state index < -0.39 is 0 Å². The average molecular weight is 342 g/mol. The highest BCUT2D eigenvalue weighted by Gasteiger charge is 2.04. The Bertz CT molecular complexity index is 701. The van der Waals surface area contributed by atoms with Crippen molar-refractivity contribution in [1.29, 1.82) is 0 Å². The number of ether oxygens (including phenoxy) is 2. The van der Waals surface area contributed by atoms with Gasteiger partial charge in [-0.25, -0.2) is 4.79 Å². The molecule has 0 bridgehead atoms. The maximum atomic E-state index is 11.8. The number of urea groups is 1. The molecule has 2 aromatic carbocycles. The molecule has 25 heavy (non-hydrogen) atoms. The molecule has 0 saturated heterocycles. The molecule has 0 saturated carbocycles. The summed E-state index contributed by atoms with van der Waals surface area (Å²) in [6, 6.07) is 13.6. The van der Waals surface area contributed by atoms with E-state index in [-0.39, 0.29) is 6.03 Å². The van der Waals surface area contributed by atoms with Gasteiger partial charge < -0.3 is 20.1 Å². The van der Waals surface area contributed by atoms with Crippen LogP contribution in [-0.4, -0.2) is 32.8 Å². The average Bonchev–Trinajstić information content (AvgIpc) is 2.62. The van der Waals surface area contributed by atoms with Crippen molar-refractivity contribution in [1.82, 2.24) is 10.6 Å². The summed E-state index contributed by atoms with van der Waals surface area (Å²) in [4.78, 5) is 11.8. The van der Waals surface area contributed by atoms with Gasteiger partial charge in [-0.15, -0.1) is 0 Å². The molecule has 0 unspecified atom stereocenters. The van der Waals surface area contributed by atoms with Gasteiger partial charge in [0.2, 0.25) is 0 Å². The summed E-state index contributed by atoms with van der Waals surface area (Å²) >= 11 is 0. The van der Waals surface area contributed by atoms with Crippen LogP contribution in [0, 0.1) is 13.8 Å². The standard InChI is InChI=1S/C20H26N2O3/c1-15-8-9-18(14-16(15)2)25-13-12-22-20(23)21-11-10-17-6-4-5-7-19(17)24-3/h4-9,14H,10-13H2,1-3H3,(H2,21,22,23). The molecule has 0 radical (unpaired) electrons. The summed E-state index contributed by atoms with van der Waals surface area (Å²) in [5.74, 6) is 1.66. The van der Waals surface area contributed by atoms with Crippen molar-refractivity contribution in [3.05, 3.63) is 59.2 Å². The van der Waals surface area contributed by atoms with Gasteiger partial charge in [-0.2, -0.15) is 0 Å². The third-order valence-corrected chi connectivity index (χ3v) is 4.01. The molecule has 0 heterocycles. The van der Waals surface area contributed by atoms with E-state index in [1.807, 2.05) is 42.5 Å². The molecule has 2 aromatic rings. The Balaban J connectivity index is 1.63. The second-order valence-electron chi connectivity index (χ2n) is 5.84. The van der Waals surface area contributed by atoms with Crippen molar-refractivity contribution >= 4 is 6.03 Å². The third kappa shape index (κ3) is 6.03. The Morgan fingerprint density at radius 1 is 1.00 bits per heavy atom. The lowest BCUT2D eigenvalue weighted by molar-refractivity contribution is 0.236. The van der Waals surface area contributed by atoms with Crippen molar-refractivity contribution in [3.63, 3.8) is 0 Å². The van der Waals surface area contributed by atoms with Crippen molar-refractivity contribution < 1.29 is 14.3 Å². The lowest BCUT2D eigenvalue weighted by Crippen LogP contribution is -2.38. The second-order valence-corrected chi connectivity index (χ2v) is 5.84. The summed E-state index contributed by atoms with van der Waals surface area (Å²) in [5.41, 5.74) is 3.50. The summed E-state index contributed by atoms with van der Waals surface area (Å²) < 4.78 is 10.9. The highest BCUT2D eigenvalue weighted by atomic mass is 16.5. The van der Waals surface area contributed by atoms with E-state index >= 15 is 0 Å². The first-order valence-electron chi connectivity index (χ1n) is 8.44. The SMILES string of the molecule is COc1ccccc1CCNC(=O)NCCOc1ccc(C)c(C)c1. The van der Waals surface area contributed by atoms with Crippen LogP contribution in [0.4, 0.5) is 4.79 Å². The summed E-state index contributed by atoms with van der Waals surface area (Å²) in [5, 5.41) is 5.62. The van der Waals surface area contributed by atoms with Crippen LogP contribution in [0.3, 0.4) is 0 Å². The Kier molecular flexibility index (Phi) is 7.14. The van der Waals surface area contributed by atoms with Gasteiger partial charge in [-0.05, 0) is 55.2 Å². The van der Waals surface area contributed by atoms with Gasteiger partial charge in [0.05, 0.1) is 13.7 Å². The molecule has 0 fully saturated rings. The molecular formula is C20H26N2O3. The number of carbonyl (C=O) groups is 1. The van der Waals surface area contributed by atoms with Crippen LogP contribution >= 0.6 is 0 Å². The number of benzene rings is 2. The van der Waals surface area contributed by atoms with Gasteiger partial charge >= 0.3 is 6.03 Å². The molecule has 5 nitrogen and oxygen atoms in total. The van der Waals surface area contributed by atoms with Crippen LogP contribution in [0.1, 0.15) is 16.7 Å². The van der Waals surface area contributed by atoms with E-state index in [0.29, 0.717) is 19.7 Å². The monoisotopic (exact) mass is 342 g/mol. The Labute approximate surface area is 149 Å². The zero-order valence-electron chi connectivity index (χ0n) is 15.1. The molecule has 0 atom stereocenters. The Morgan fingerprint density at radius 2 is 1.76 bits per heavy atom. The maximum Gasteiger partial charge on any atom is 0.314 e. The van der Waals surface area contributed by atoms with Crippen molar-refractivity contribution in [2.24, 2.45) is 0 Å². The Morgan fingerprint density at radius 3 is 2.52 bits per heavy atom. The fraction of sp³-hybridized carbons (Fsp3) is 0.350. The van der Waals surface area contributed by atoms with Crippen LogP contribution in [0.2, 0.25) is 0 Å². The molecule has 0 aliphatic heterocycles. The van der Waals surface area contributed by atoms with Crippen molar-refractivity contribution in [2.45, 2.75) is 20.3 Å². The molecular weight excluding hydrogens is 316 g/mol. The van der Waals surface area contributed by atoms with Crippen molar-refractivity contribution in [2.75, 3.05) is 26.8 Å². The quantitative estimate of drug-likeness (QED) is 0.724. The van der Waals surface area contributed by atoms with Gasteiger partial charge in [-0.1, -0.05) is 24.3 Å². The van der Waals surface area contributed by atoms with E-state index in [1.54, 1.807) is 7.11 Å². The number of hydrogen-bond acceptors (Lipinski definition) is 3. The molecule has 2 N–H and O–H groups in total. The fourth-order valence-corrected chi connectivity index (χ4v) is 2.42. The van der Waals surface area contributed by atoms with Crippen LogP contribution in [-0.2, 0) is 6.42 Å². The number of nitrogens with one attached hydrogen (secondary N) is 2. The van der Waals surface area contributed by atoms with Gasteiger partial charge in [-0.3, -0.25) is 0 Å². The number of carbonyl (C=O) groups excluding carboxylic acids is 1. The molecule has 2 amide bonds. The summed E-state index contributed by atoms with van der Waals surface area (Å²) in [6.45, 7) is 5.55. The summed E-state index contributed by atoms with van der Waals surface area (Å²) in [6.07, 6.45) is 0.719. The van der Waals surface area contributed by atoms with Crippen LogP contribution in [0.25, 0.3) is 0 Å². The number of para-hydroxylation sites is 1. The van der Waals surface area contributed by atoms with E-state index in [0.717, 1.165) is 23.5 Å². The molecule has 2 rings (SSSR count). The largest absolute Gasteiger partial charge is 0.496 e. The number of amides is 2. The Hall–Kier alpha value is -2.69. The first-order valence-corrected chi connectivity index (χ1v) is 8.44. The molecule has 5 heteroatoms. The molecule has 0 aromatic heterocycles. The second kappa shape index (κ2) is 9.57. The highest BCUT2D eigenvalue weighted by molar-refractivity contribution is 5.73. The fourth-order valence-electron chi connectivity index (χ4n) is 2.42. The van der Waals surface area contributed by atoms with Gasteiger partial charge in [0, 0.05) is 6.54 Å². The topological polar surface area (TPSA) is 59.6 Å². The van der Waals surface area contributed by atoms with Crippen LogP contribution < -0.4 is 20.1 Å². The lowest BCUT2D eigenvalue weighted by Gasteiger charge is -2.11. The molecule has 0 spiro atoms. The zero-order chi connectivity index (χ0) is 18.1. The highest BCUT2D eigenvalue weighted by Crippen LogP contribution is 2.17. The minimum atomic E-state index is -0.196. The predicted octanol–water partition coefficient (Wildman–Crippen LogP) is 3.23. The molecule has 134 valence electrons. The zero-order valence-corrected chi connectivity index (χ0v) is 15.1. The smallest absolute Gasteiger partial charge is 0.314 e. The first-order chi connectivity index (χ1) is 12.1. The third-order valence-electron chi connectivity index (χ3n) is 4.01. The van der Waals surface area contributed by atoms with E-state index in [2.05, 4.69) is 24.5 Å². The minimum Gasteiger partial charge on any atom is -0.496 e. The van der Waals surface area contributed by atoms with Crippen LogP contribution in [0.5, 0.6) is 11.5 Å². The normalized spacial score (nSPS) is 10.2. The first kappa shape index (κ1) is 18.6. The predicted molar refractivity (Wildman–Crippen MR) is 99.5 cm³/mol. The maximum absolute atomic E-state index is 11.8.